The van der Waals surface area contributed by atoms with E-state index in [2.05, 4.69) is 4.90 Å². The predicted octanol–water partition coefficient (Wildman–Crippen LogP) is -0.267. The lowest BCUT2D eigenvalue weighted by Crippen LogP contribution is -2.59. The van der Waals surface area contributed by atoms with Gasteiger partial charge in [0, 0.05) is 46.3 Å². The van der Waals surface area contributed by atoms with E-state index in [1.54, 1.807) is 21.7 Å². The second kappa shape index (κ2) is 10.5. The van der Waals surface area contributed by atoms with E-state index in [4.69, 9.17) is 9.47 Å². The first-order chi connectivity index (χ1) is 17.8. The van der Waals surface area contributed by atoms with Crippen molar-refractivity contribution in [3.05, 3.63) is 24.3 Å². The monoisotopic (exact) mass is 516 g/mol. The van der Waals surface area contributed by atoms with E-state index in [9.17, 15) is 19.5 Å². The van der Waals surface area contributed by atoms with Gasteiger partial charge in [0.2, 0.25) is 17.7 Å². The third-order valence-corrected chi connectivity index (χ3v) is 8.52. The molecule has 0 aromatic rings. The van der Waals surface area contributed by atoms with Crippen molar-refractivity contribution >= 4 is 17.7 Å². The molecule has 0 radical (unpaired) electrons. The molecular formula is C27H40N4O6. The predicted molar refractivity (Wildman–Crippen MR) is 135 cm³/mol. The van der Waals surface area contributed by atoms with Crippen LogP contribution in [0.5, 0.6) is 0 Å². The van der Waals surface area contributed by atoms with Crippen LogP contribution in [0.3, 0.4) is 0 Å². The Morgan fingerprint density at radius 1 is 1.05 bits per heavy atom. The Morgan fingerprint density at radius 2 is 1.81 bits per heavy atom. The molecule has 5 aliphatic rings. The number of hydrogen-bond acceptors (Lipinski definition) is 7. The van der Waals surface area contributed by atoms with Crippen molar-refractivity contribution < 1.29 is 29.0 Å². The van der Waals surface area contributed by atoms with Gasteiger partial charge in [0.1, 0.15) is 11.6 Å². The molecule has 10 nitrogen and oxygen atoms in total. The van der Waals surface area contributed by atoms with Crippen LogP contribution in [0, 0.1) is 17.8 Å². The van der Waals surface area contributed by atoms with E-state index in [0.29, 0.717) is 45.8 Å². The lowest BCUT2D eigenvalue weighted by atomic mass is 9.77. The molecule has 10 heteroatoms. The summed E-state index contributed by atoms with van der Waals surface area (Å²) in [5, 5.41) is 10.4. The smallest absolute Gasteiger partial charge is 0.249 e. The second-order valence-corrected chi connectivity index (χ2v) is 11.3. The summed E-state index contributed by atoms with van der Waals surface area (Å²) in [5.41, 5.74) is -1.25. The van der Waals surface area contributed by atoms with E-state index in [-0.39, 0.29) is 30.2 Å². The third kappa shape index (κ3) is 4.51. The zero-order valence-corrected chi connectivity index (χ0v) is 22.1. The number of rotatable bonds is 7. The molecule has 0 saturated carbocycles. The highest BCUT2D eigenvalue weighted by molar-refractivity contribution is 6.00. The number of hydrogen-bond donors (Lipinski definition) is 1. The summed E-state index contributed by atoms with van der Waals surface area (Å²) in [4.78, 5) is 49.2. The molecule has 1 spiro atoms. The van der Waals surface area contributed by atoms with Gasteiger partial charge >= 0.3 is 0 Å². The van der Waals surface area contributed by atoms with Gasteiger partial charge in [-0.25, -0.2) is 0 Å². The maximum absolute atomic E-state index is 14.3. The number of aliphatic hydroxyl groups is 1. The standard InChI is InChI=1S/C27H40N4O6/c1-18(2)16-19(17-32)31-23-26(35)30(11-10-29-12-14-36-15-13-29)9-5-7-27(23)22(25(31)34)21-20(37-27)6-4-8-28(3)24(21)33/h4-7,18-23,32H,8-17H2,1-3H3/t19-,20+,21-,22+,23?,27+/m1/s1. The minimum absolute atomic E-state index is 0.149. The van der Waals surface area contributed by atoms with Crippen LogP contribution >= 0.6 is 0 Å². The topological polar surface area (TPSA) is 103 Å². The molecule has 37 heavy (non-hydrogen) atoms. The third-order valence-electron chi connectivity index (χ3n) is 8.52. The number of ether oxygens (including phenoxy) is 2. The number of amides is 3. The minimum atomic E-state index is -1.25. The number of carbonyl (C=O) groups excluding carboxylic acids is 3. The molecular weight excluding hydrogens is 476 g/mol. The Kier molecular flexibility index (Phi) is 7.46. The van der Waals surface area contributed by atoms with Gasteiger partial charge < -0.3 is 29.3 Å². The van der Waals surface area contributed by atoms with Crippen molar-refractivity contribution in [2.45, 2.75) is 44.1 Å². The van der Waals surface area contributed by atoms with Gasteiger partial charge in [-0.3, -0.25) is 19.3 Å². The fourth-order valence-corrected chi connectivity index (χ4v) is 6.75. The van der Waals surface area contributed by atoms with Gasteiger partial charge in [-0.1, -0.05) is 38.2 Å². The zero-order chi connectivity index (χ0) is 26.3. The summed E-state index contributed by atoms with van der Waals surface area (Å²) >= 11 is 0. The molecule has 0 aromatic carbocycles. The van der Waals surface area contributed by atoms with Crippen LogP contribution in [-0.2, 0) is 23.9 Å². The SMILES string of the molecule is CC(C)C[C@H](CO)N1C(=O)[C@@H]2[C@@H]3C(=O)N(C)CC=C[C@@H]3O[C@@]23C=CCN(CCN2CCOCC2)C(=O)C13. The first kappa shape index (κ1) is 26.3. The highest BCUT2D eigenvalue weighted by Gasteiger charge is 2.72. The van der Waals surface area contributed by atoms with Gasteiger partial charge in [0.15, 0.2) is 0 Å². The molecule has 3 saturated heterocycles. The van der Waals surface area contributed by atoms with Crippen LogP contribution in [0.2, 0.25) is 0 Å². The van der Waals surface area contributed by atoms with Crippen molar-refractivity contribution in [1.82, 2.24) is 19.6 Å². The van der Waals surface area contributed by atoms with Gasteiger partial charge in [0.25, 0.3) is 0 Å². The molecule has 3 amide bonds. The molecule has 0 bridgehead atoms. The van der Waals surface area contributed by atoms with Crippen molar-refractivity contribution in [3.63, 3.8) is 0 Å². The van der Waals surface area contributed by atoms with Crippen molar-refractivity contribution in [3.8, 4) is 0 Å². The lowest BCUT2D eigenvalue weighted by molar-refractivity contribution is -0.151. The van der Waals surface area contributed by atoms with E-state index in [1.807, 2.05) is 38.2 Å². The number of nitrogens with zero attached hydrogens (tertiary/aromatic N) is 4. The van der Waals surface area contributed by atoms with Crippen LogP contribution < -0.4 is 0 Å². The maximum atomic E-state index is 14.3. The number of carbonyl (C=O) groups is 3. The molecule has 1 unspecified atom stereocenters. The molecule has 0 aliphatic carbocycles. The summed E-state index contributed by atoms with van der Waals surface area (Å²) in [5.74, 6) is -1.93. The average molecular weight is 517 g/mol. The first-order valence-electron chi connectivity index (χ1n) is 13.6. The van der Waals surface area contributed by atoms with Gasteiger partial charge in [-0.05, 0) is 12.3 Å². The highest BCUT2D eigenvalue weighted by Crippen LogP contribution is 2.54. The summed E-state index contributed by atoms with van der Waals surface area (Å²) < 4.78 is 12.1. The number of morpholine rings is 1. The molecule has 5 aliphatic heterocycles. The van der Waals surface area contributed by atoms with Crippen molar-refractivity contribution in [1.29, 1.82) is 0 Å². The van der Waals surface area contributed by atoms with Crippen LogP contribution in [-0.4, -0.2) is 132 Å². The molecule has 5 rings (SSSR count). The highest BCUT2D eigenvalue weighted by atomic mass is 16.5. The number of aliphatic hydroxyl groups excluding tert-OH is 1. The van der Waals surface area contributed by atoms with E-state index < -0.39 is 35.6 Å². The largest absolute Gasteiger partial charge is 0.394 e. The Balaban J connectivity index is 1.52. The maximum Gasteiger partial charge on any atom is 0.249 e. The van der Waals surface area contributed by atoms with Gasteiger partial charge in [0.05, 0.1) is 43.8 Å². The van der Waals surface area contributed by atoms with Crippen molar-refractivity contribution in [2.75, 3.05) is 66.1 Å². The molecule has 0 aromatic heterocycles. The molecule has 6 atom stereocenters. The Bertz CT molecular complexity index is 963. The summed E-state index contributed by atoms with van der Waals surface area (Å²) in [7, 11) is 1.73. The van der Waals surface area contributed by atoms with Crippen LogP contribution in [0.25, 0.3) is 0 Å². The lowest BCUT2D eigenvalue weighted by Gasteiger charge is -2.39. The van der Waals surface area contributed by atoms with Crippen LogP contribution in [0.15, 0.2) is 24.3 Å². The normalized spacial score (nSPS) is 35.1. The number of likely N-dealkylation sites (N-methyl/N-ethyl adjacent to an activating group) is 1. The van der Waals surface area contributed by atoms with E-state index in [1.165, 1.54) is 0 Å². The minimum Gasteiger partial charge on any atom is -0.394 e. The van der Waals surface area contributed by atoms with Crippen LogP contribution in [0.1, 0.15) is 20.3 Å². The summed E-state index contributed by atoms with van der Waals surface area (Å²) in [6.45, 7) is 8.93. The Hall–Kier alpha value is -2.27. The quantitative estimate of drug-likeness (QED) is 0.465. The van der Waals surface area contributed by atoms with Gasteiger partial charge in [-0.2, -0.15) is 0 Å². The fourth-order valence-electron chi connectivity index (χ4n) is 6.75. The second-order valence-electron chi connectivity index (χ2n) is 11.3. The van der Waals surface area contributed by atoms with Crippen molar-refractivity contribution in [2.24, 2.45) is 17.8 Å². The van der Waals surface area contributed by atoms with Gasteiger partial charge in [-0.15, -0.1) is 0 Å². The molecule has 3 fully saturated rings. The first-order valence-corrected chi connectivity index (χ1v) is 13.6. The van der Waals surface area contributed by atoms with Crippen LogP contribution in [0.4, 0.5) is 0 Å². The zero-order valence-electron chi connectivity index (χ0n) is 22.1. The average Bonchev–Trinajstić information content (AvgIpc) is 3.22. The Labute approximate surface area is 218 Å². The molecule has 5 heterocycles. The Morgan fingerprint density at radius 3 is 2.51 bits per heavy atom. The summed E-state index contributed by atoms with van der Waals surface area (Å²) in [6, 6.07) is -1.46. The number of likely N-dealkylation sites (tertiary alicyclic amines) is 1. The van der Waals surface area contributed by atoms with E-state index in [0.717, 1.165) is 13.1 Å². The molecule has 204 valence electrons. The van der Waals surface area contributed by atoms with E-state index >= 15 is 0 Å². The fraction of sp³-hybridized carbons (Fsp3) is 0.741. The summed E-state index contributed by atoms with van der Waals surface area (Å²) in [6.07, 6.45) is 7.52. The number of fused-ring (bicyclic) bond motifs is 2. The molecule has 1 N–H and O–H groups in total.